The number of hydrogen-bond acceptors (Lipinski definition) is 1. The van der Waals surface area contributed by atoms with Gasteiger partial charge >= 0.3 is 0 Å². The fourth-order valence-electron chi connectivity index (χ4n) is 5.96. The van der Waals surface area contributed by atoms with E-state index in [1.54, 1.807) is 0 Å². The van der Waals surface area contributed by atoms with Gasteiger partial charge in [-0.25, -0.2) is 0 Å². The summed E-state index contributed by atoms with van der Waals surface area (Å²) in [5.74, 6) is 0. The zero-order chi connectivity index (χ0) is 20.6. The monoisotopic (exact) mass is 410 g/mol. The van der Waals surface area contributed by atoms with Crippen LogP contribution in [0.25, 0.3) is 0 Å². The second kappa shape index (κ2) is 15.9. The van der Waals surface area contributed by atoms with Crippen molar-refractivity contribution in [1.82, 2.24) is 0 Å². The molecule has 0 amide bonds. The van der Waals surface area contributed by atoms with E-state index in [1.165, 1.54) is 128 Å². The van der Waals surface area contributed by atoms with E-state index in [0.29, 0.717) is 5.04 Å². The largest absolute Gasteiger partial charge is 0.417 e. The van der Waals surface area contributed by atoms with Gasteiger partial charge in [0.15, 0.2) is 8.32 Å². The fourth-order valence-corrected chi connectivity index (χ4v) is 12.0. The van der Waals surface area contributed by atoms with Crippen LogP contribution in [0.5, 0.6) is 0 Å². The van der Waals surface area contributed by atoms with Gasteiger partial charge in [0.2, 0.25) is 0 Å². The maximum Gasteiger partial charge on any atom is 0.198 e. The summed E-state index contributed by atoms with van der Waals surface area (Å²) in [5, 5.41) is 0.605. The van der Waals surface area contributed by atoms with Crippen LogP contribution in [-0.4, -0.2) is 14.9 Å². The Balaban J connectivity index is 2.99. The minimum absolute atomic E-state index is 0.605. The van der Waals surface area contributed by atoms with Crippen molar-refractivity contribution < 1.29 is 4.43 Å². The van der Waals surface area contributed by atoms with Gasteiger partial charge < -0.3 is 4.43 Å². The Labute approximate surface area is 179 Å². The van der Waals surface area contributed by atoms with E-state index in [-0.39, 0.29) is 0 Å². The minimum atomic E-state index is -1.71. The Hall–Kier alpha value is 0.177. The maximum absolute atomic E-state index is 7.03. The number of rotatable bonds is 18. The third-order valence-electron chi connectivity index (χ3n) is 7.58. The smallest absolute Gasteiger partial charge is 0.198 e. The second-order valence-corrected chi connectivity index (χ2v) is 14.0. The average molecular weight is 411 g/mol. The van der Waals surface area contributed by atoms with E-state index in [4.69, 9.17) is 4.43 Å². The van der Waals surface area contributed by atoms with Crippen LogP contribution in [0.1, 0.15) is 143 Å². The molecule has 0 atom stereocenters. The second-order valence-electron chi connectivity index (χ2n) is 9.70. The fraction of sp³-hybridized carbons (Fsp3) is 1.00. The van der Waals surface area contributed by atoms with Crippen molar-refractivity contribution in [3.05, 3.63) is 0 Å². The molecule has 0 aromatic heterocycles. The van der Waals surface area contributed by atoms with E-state index in [9.17, 15) is 0 Å². The summed E-state index contributed by atoms with van der Waals surface area (Å²) in [6, 6.07) is 2.92. The third kappa shape index (κ3) is 8.50. The van der Waals surface area contributed by atoms with Crippen molar-refractivity contribution >= 4 is 8.32 Å². The first-order chi connectivity index (χ1) is 13.7. The van der Waals surface area contributed by atoms with E-state index in [1.807, 2.05) is 0 Å². The van der Waals surface area contributed by atoms with E-state index in [0.717, 1.165) is 6.61 Å². The highest BCUT2D eigenvalue weighted by molar-refractivity contribution is 6.77. The number of hydrogen-bond donors (Lipinski definition) is 0. The van der Waals surface area contributed by atoms with Crippen LogP contribution in [0.4, 0.5) is 0 Å². The average Bonchev–Trinajstić information content (AvgIpc) is 2.72. The molecule has 0 radical (unpaired) electrons. The van der Waals surface area contributed by atoms with Gasteiger partial charge in [0.1, 0.15) is 0 Å². The highest BCUT2D eigenvalue weighted by Crippen LogP contribution is 2.58. The Morgan fingerprint density at radius 1 is 0.607 bits per heavy atom. The van der Waals surface area contributed by atoms with Gasteiger partial charge in [-0.3, -0.25) is 0 Å². The van der Waals surface area contributed by atoms with E-state index in [2.05, 4.69) is 27.7 Å². The molecule has 0 bridgehead atoms. The summed E-state index contributed by atoms with van der Waals surface area (Å²) in [7, 11) is -1.71. The molecular formula is C26H54OSi. The maximum atomic E-state index is 7.03. The topological polar surface area (TPSA) is 9.23 Å². The normalized spacial score (nSPS) is 17.1. The van der Waals surface area contributed by atoms with Crippen molar-refractivity contribution in [3.63, 3.8) is 0 Å². The van der Waals surface area contributed by atoms with Gasteiger partial charge in [0.05, 0.1) is 0 Å². The highest BCUT2D eigenvalue weighted by atomic mass is 28.4. The Morgan fingerprint density at radius 2 is 1.11 bits per heavy atom. The van der Waals surface area contributed by atoms with Crippen LogP contribution in [-0.2, 0) is 4.43 Å². The summed E-state index contributed by atoms with van der Waals surface area (Å²) in [5.41, 5.74) is 0. The zero-order valence-corrected chi connectivity index (χ0v) is 21.3. The molecule has 168 valence electrons. The van der Waals surface area contributed by atoms with Gasteiger partial charge in [-0.1, -0.05) is 117 Å². The molecule has 0 aromatic carbocycles. The molecule has 0 aromatic rings. The van der Waals surface area contributed by atoms with Crippen LogP contribution in [0.15, 0.2) is 0 Å². The molecule has 0 spiro atoms. The molecule has 0 saturated heterocycles. The van der Waals surface area contributed by atoms with Gasteiger partial charge in [-0.15, -0.1) is 0 Å². The molecule has 2 heteroatoms. The molecule has 1 aliphatic carbocycles. The summed E-state index contributed by atoms with van der Waals surface area (Å²) in [6.45, 7) is 10.3. The first-order valence-electron chi connectivity index (χ1n) is 13.3. The lowest BCUT2D eigenvalue weighted by molar-refractivity contribution is 0.234. The van der Waals surface area contributed by atoms with Crippen LogP contribution < -0.4 is 0 Å². The van der Waals surface area contributed by atoms with Gasteiger partial charge in [-0.2, -0.15) is 0 Å². The molecular weight excluding hydrogens is 356 g/mol. The van der Waals surface area contributed by atoms with Gasteiger partial charge in [0, 0.05) is 6.61 Å². The van der Waals surface area contributed by atoms with Crippen molar-refractivity contribution in [2.45, 2.75) is 160 Å². The Kier molecular flexibility index (Phi) is 14.9. The lowest BCUT2D eigenvalue weighted by atomic mass is 9.84. The molecule has 1 rings (SSSR count). The molecule has 1 fully saturated rings. The Bertz CT molecular complexity index is 336. The first-order valence-corrected chi connectivity index (χ1v) is 15.7. The summed E-state index contributed by atoms with van der Waals surface area (Å²) in [6.07, 6.45) is 25.8. The first kappa shape index (κ1) is 26.2. The van der Waals surface area contributed by atoms with E-state index >= 15 is 0 Å². The Morgan fingerprint density at radius 3 is 1.57 bits per heavy atom. The predicted molar refractivity (Wildman–Crippen MR) is 130 cm³/mol. The SMILES string of the molecule is CCCCCCC1([Si](CCCCCC)(CCCCCC)OCC)CCCCC1. The van der Waals surface area contributed by atoms with Crippen LogP contribution in [0.2, 0.25) is 17.1 Å². The molecule has 0 N–H and O–H groups in total. The van der Waals surface area contributed by atoms with E-state index < -0.39 is 8.32 Å². The third-order valence-corrected chi connectivity index (χ3v) is 13.4. The molecule has 1 aliphatic rings. The van der Waals surface area contributed by atoms with Crippen molar-refractivity contribution in [1.29, 1.82) is 0 Å². The highest BCUT2D eigenvalue weighted by Gasteiger charge is 2.53. The number of unbranched alkanes of at least 4 members (excludes halogenated alkanes) is 9. The van der Waals surface area contributed by atoms with Crippen LogP contribution in [0, 0.1) is 0 Å². The molecule has 28 heavy (non-hydrogen) atoms. The quantitative estimate of drug-likeness (QED) is 0.161. The zero-order valence-electron chi connectivity index (χ0n) is 20.3. The summed E-state index contributed by atoms with van der Waals surface area (Å²) < 4.78 is 7.03. The summed E-state index contributed by atoms with van der Waals surface area (Å²) >= 11 is 0. The van der Waals surface area contributed by atoms with Crippen molar-refractivity contribution in [3.8, 4) is 0 Å². The van der Waals surface area contributed by atoms with Gasteiger partial charge in [0.25, 0.3) is 0 Å². The van der Waals surface area contributed by atoms with Gasteiger partial charge in [-0.05, 0) is 43.3 Å². The standard InChI is InChI=1S/C26H54OSi/c1-5-9-12-16-21-26(22-17-15-18-23-26)28(27-8-4,24-19-13-10-6-2)25-20-14-11-7-3/h5-25H2,1-4H3. The lowest BCUT2D eigenvalue weighted by Crippen LogP contribution is -2.52. The van der Waals surface area contributed by atoms with Crippen LogP contribution >= 0.6 is 0 Å². The molecule has 1 saturated carbocycles. The molecule has 0 unspecified atom stereocenters. The van der Waals surface area contributed by atoms with Crippen molar-refractivity contribution in [2.24, 2.45) is 0 Å². The van der Waals surface area contributed by atoms with Crippen LogP contribution in [0.3, 0.4) is 0 Å². The molecule has 1 nitrogen and oxygen atoms in total. The molecule has 0 aliphatic heterocycles. The lowest BCUT2D eigenvalue weighted by Gasteiger charge is -2.51. The minimum Gasteiger partial charge on any atom is -0.417 e. The predicted octanol–water partition coefficient (Wildman–Crippen LogP) is 9.80. The summed E-state index contributed by atoms with van der Waals surface area (Å²) in [4.78, 5) is 0. The van der Waals surface area contributed by atoms with Crippen molar-refractivity contribution in [2.75, 3.05) is 6.61 Å². The molecule has 0 heterocycles.